The van der Waals surface area contributed by atoms with Gasteiger partial charge in [-0.25, -0.2) is 9.97 Å². The largest absolute Gasteiger partial charge is 0.493 e. The van der Waals surface area contributed by atoms with Crippen molar-refractivity contribution in [1.29, 1.82) is 0 Å². The van der Waals surface area contributed by atoms with Gasteiger partial charge >= 0.3 is 0 Å². The summed E-state index contributed by atoms with van der Waals surface area (Å²) in [5, 5.41) is 38.7. The number of ether oxygens (including phenoxy) is 2. The lowest BCUT2D eigenvalue weighted by Gasteiger charge is -2.31. The van der Waals surface area contributed by atoms with Crippen molar-refractivity contribution >= 4 is 39.0 Å². The molecule has 5 rings (SSSR count). The molecule has 0 saturated heterocycles. The Bertz CT molecular complexity index is 1400. The number of hydrogen-bond donors (Lipinski definition) is 5. The number of rotatable bonds is 8. The molecule has 1 aliphatic carbocycles. The van der Waals surface area contributed by atoms with Crippen molar-refractivity contribution in [3.8, 4) is 22.1 Å². The molecule has 0 spiro atoms. The fraction of sp³-hybridized carbons (Fsp3) is 0.346. The van der Waals surface area contributed by atoms with Crippen LogP contribution >= 0.6 is 11.3 Å². The monoisotopic (exact) mass is 523 g/mol. The molecule has 10 nitrogen and oxygen atoms in total. The van der Waals surface area contributed by atoms with Crippen molar-refractivity contribution in [2.24, 2.45) is 5.92 Å². The summed E-state index contributed by atoms with van der Waals surface area (Å²) in [7, 11) is 3.11. The zero-order valence-corrected chi connectivity index (χ0v) is 21.5. The summed E-state index contributed by atoms with van der Waals surface area (Å²) in [6, 6.07) is 13.2. The number of nitrogens with zero attached hydrogens (tertiary/aromatic N) is 3. The number of aliphatic hydroxyl groups is 3. The smallest absolute Gasteiger partial charge is 0.229 e. The Morgan fingerprint density at radius 1 is 1.08 bits per heavy atom. The Morgan fingerprint density at radius 2 is 1.89 bits per heavy atom. The maximum Gasteiger partial charge on any atom is 0.229 e. The topological polar surface area (TPSA) is 142 Å². The first-order valence-electron chi connectivity index (χ1n) is 11.9. The highest BCUT2D eigenvalue weighted by Gasteiger charge is 2.47. The minimum atomic E-state index is -1.68. The van der Waals surface area contributed by atoms with Crippen LogP contribution in [0.25, 0.3) is 20.8 Å². The summed E-state index contributed by atoms with van der Waals surface area (Å²) < 4.78 is 11.9. The van der Waals surface area contributed by atoms with Gasteiger partial charge in [0.15, 0.2) is 17.2 Å². The first-order valence-corrected chi connectivity index (χ1v) is 12.7. The molecular weight excluding hydrogens is 494 g/mol. The molecule has 3 unspecified atom stereocenters. The maximum atomic E-state index is 11.3. The fourth-order valence-electron chi connectivity index (χ4n) is 4.69. The highest BCUT2D eigenvalue weighted by atomic mass is 32.1. The Hall–Kier alpha value is -3.51. The van der Waals surface area contributed by atoms with Crippen LogP contribution in [0.3, 0.4) is 0 Å². The Labute approximate surface area is 218 Å². The number of aryl methyl sites for hydroxylation is 1. The minimum Gasteiger partial charge on any atom is -0.493 e. The summed E-state index contributed by atoms with van der Waals surface area (Å²) in [5.41, 5.74) is 1.01. The van der Waals surface area contributed by atoms with E-state index in [0.29, 0.717) is 45.7 Å². The molecule has 2 aromatic heterocycles. The first kappa shape index (κ1) is 25.2. The number of aliphatic hydroxyl groups excluding tert-OH is 2. The van der Waals surface area contributed by atoms with Crippen molar-refractivity contribution in [2.45, 2.75) is 31.6 Å². The number of benzene rings is 2. The third-order valence-electron chi connectivity index (χ3n) is 6.65. The van der Waals surface area contributed by atoms with Gasteiger partial charge < -0.3 is 35.4 Å². The number of methoxy groups -OCH3 is 2. The molecule has 37 heavy (non-hydrogen) atoms. The fourth-order valence-corrected chi connectivity index (χ4v) is 5.76. The molecule has 2 heterocycles. The van der Waals surface area contributed by atoms with Crippen molar-refractivity contribution in [1.82, 2.24) is 15.0 Å². The van der Waals surface area contributed by atoms with Crippen LogP contribution in [0.4, 0.5) is 17.5 Å². The number of aromatic nitrogens is 3. The van der Waals surface area contributed by atoms with Gasteiger partial charge in [0, 0.05) is 12.5 Å². The number of para-hydroxylation sites is 2. The molecule has 3 atom stereocenters. The summed E-state index contributed by atoms with van der Waals surface area (Å²) in [6.07, 6.45) is -0.465. The summed E-state index contributed by atoms with van der Waals surface area (Å²) >= 11 is 1.49. The van der Waals surface area contributed by atoms with E-state index in [1.807, 2.05) is 43.3 Å². The van der Waals surface area contributed by atoms with Gasteiger partial charge in [0.2, 0.25) is 5.95 Å². The molecule has 194 valence electrons. The second-order valence-electron chi connectivity index (χ2n) is 8.98. The molecule has 0 bridgehead atoms. The van der Waals surface area contributed by atoms with Crippen LogP contribution in [-0.2, 0) is 0 Å². The predicted octanol–water partition coefficient (Wildman–Crippen LogP) is 3.69. The Balaban J connectivity index is 1.61. The van der Waals surface area contributed by atoms with Crippen molar-refractivity contribution < 1.29 is 24.8 Å². The SMILES string of the molecule is COc1cccc(Nc2nc(C)c(-c3nc4ccccc4s3)c(NC3(O)CCC(CO)C3O)n2)c1OC. The summed E-state index contributed by atoms with van der Waals surface area (Å²) in [6.45, 7) is 1.62. The zero-order valence-electron chi connectivity index (χ0n) is 20.7. The van der Waals surface area contributed by atoms with Gasteiger partial charge in [-0.1, -0.05) is 18.2 Å². The molecule has 2 aromatic carbocycles. The van der Waals surface area contributed by atoms with E-state index in [-0.39, 0.29) is 19.0 Å². The summed E-state index contributed by atoms with van der Waals surface area (Å²) in [4.78, 5) is 14.2. The molecule has 5 N–H and O–H groups in total. The third kappa shape index (κ3) is 4.66. The van der Waals surface area contributed by atoms with E-state index in [1.54, 1.807) is 20.3 Å². The van der Waals surface area contributed by atoms with E-state index in [2.05, 4.69) is 15.6 Å². The quantitative estimate of drug-likeness (QED) is 0.217. The molecule has 11 heteroatoms. The number of thiazole rings is 1. The molecular formula is C26H29N5O5S. The second-order valence-corrected chi connectivity index (χ2v) is 10.0. The van der Waals surface area contributed by atoms with Crippen LogP contribution in [0.1, 0.15) is 18.5 Å². The van der Waals surface area contributed by atoms with E-state index in [9.17, 15) is 15.3 Å². The minimum absolute atomic E-state index is 0.221. The normalized spacial score (nSPS) is 21.2. The van der Waals surface area contributed by atoms with Crippen molar-refractivity contribution in [3.63, 3.8) is 0 Å². The van der Waals surface area contributed by atoms with Gasteiger partial charge in [0.05, 0.1) is 41.4 Å². The Morgan fingerprint density at radius 3 is 2.59 bits per heavy atom. The van der Waals surface area contributed by atoms with E-state index in [4.69, 9.17) is 19.4 Å². The average Bonchev–Trinajstić information content (AvgIpc) is 3.43. The van der Waals surface area contributed by atoms with Gasteiger partial charge in [0.25, 0.3) is 0 Å². The van der Waals surface area contributed by atoms with E-state index >= 15 is 0 Å². The maximum absolute atomic E-state index is 11.3. The van der Waals surface area contributed by atoms with Gasteiger partial charge in [-0.15, -0.1) is 11.3 Å². The second kappa shape index (κ2) is 10.1. The number of nitrogens with one attached hydrogen (secondary N) is 2. The molecule has 0 radical (unpaired) electrons. The van der Waals surface area contributed by atoms with Crippen LogP contribution in [0.2, 0.25) is 0 Å². The van der Waals surface area contributed by atoms with Gasteiger partial charge in [-0.2, -0.15) is 4.98 Å². The number of hydrogen-bond acceptors (Lipinski definition) is 11. The van der Waals surface area contributed by atoms with E-state index in [1.165, 1.54) is 11.3 Å². The van der Waals surface area contributed by atoms with Crippen LogP contribution in [0, 0.1) is 12.8 Å². The molecule has 4 aromatic rings. The lowest BCUT2D eigenvalue weighted by Crippen LogP contribution is -2.48. The molecule has 1 fully saturated rings. The van der Waals surface area contributed by atoms with Gasteiger partial charge in [0.1, 0.15) is 16.9 Å². The van der Waals surface area contributed by atoms with Crippen LogP contribution < -0.4 is 20.1 Å². The third-order valence-corrected chi connectivity index (χ3v) is 7.70. The molecule has 1 aliphatic rings. The van der Waals surface area contributed by atoms with E-state index < -0.39 is 17.7 Å². The Kier molecular flexibility index (Phi) is 6.86. The van der Waals surface area contributed by atoms with Gasteiger partial charge in [-0.05, 0) is 44.0 Å². The number of anilines is 3. The number of fused-ring (bicyclic) bond motifs is 1. The predicted molar refractivity (Wildman–Crippen MR) is 143 cm³/mol. The zero-order chi connectivity index (χ0) is 26.2. The lowest BCUT2D eigenvalue weighted by molar-refractivity contribution is -0.0545. The standard InChI is InChI=1S/C26H29N5O5S/c1-14-20(24-28-16-7-4-5-10-19(16)37-24)23(31-26(34)12-11-15(13-32)22(26)33)30-25(27-14)29-17-8-6-9-18(35-2)21(17)36-3/h4-10,15,22,32-34H,11-13H2,1-3H3,(H2,27,29,30,31). The van der Waals surface area contributed by atoms with Crippen LogP contribution in [0.15, 0.2) is 42.5 Å². The highest BCUT2D eigenvalue weighted by molar-refractivity contribution is 7.21. The van der Waals surface area contributed by atoms with Crippen molar-refractivity contribution in [3.05, 3.63) is 48.2 Å². The highest BCUT2D eigenvalue weighted by Crippen LogP contribution is 2.42. The van der Waals surface area contributed by atoms with Crippen LogP contribution in [0.5, 0.6) is 11.5 Å². The molecule has 0 aliphatic heterocycles. The van der Waals surface area contributed by atoms with Crippen molar-refractivity contribution in [2.75, 3.05) is 31.5 Å². The molecule has 0 amide bonds. The van der Waals surface area contributed by atoms with Crippen LogP contribution in [-0.4, -0.2) is 62.9 Å². The van der Waals surface area contributed by atoms with Gasteiger partial charge in [-0.3, -0.25) is 0 Å². The average molecular weight is 524 g/mol. The summed E-state index contributed by atoms with van der Waals surface area (Å²) in [5.74, 6) is 1.17. The first-order chi connectivity index (χ1) is 17.9. The van der Waals surface area contributed by atoms with E-state index in [0.717, 1.165) is 10.2 Å². The molecule has 1 saturated carbocycles. The lowest BCUT2D eigenvalue weighted by atomic mass is 10.0.